The van der Waals surface area contributed by atoms with Crippen molar-refractivity contribution in [1.82, 2.24) is 19.2 Å². The second-order valence-corrected chi connectivity index (χ2v) is 6.75. The summed E-state index contributed by atoms with van der Waals surface area (Å²) in [6.07, 6.45) is 1.11. The maximum absolute atomic E-state index is 9.34. The van der Waals surface area contributed by atoms with Crippen molar-refractivity contribution in [2.45, 2.75) is 38.6 Å². The molecule has 0 amide bonds. The first-order valence-electron chi connectivity index (χ1n) is 8.15. The number of rotatable bonds is 5. The van der Waals surface area contributed by atoms with E-state index < -0.39 is 0 Å². The number of benzene rings is 1. The van der Waals surface area contributed by atoms with Gasteiger partial charge in [0, 0.05) is 19.6 Å². The van der Waals surface area contributed by atoms with Gasteiger partial charge in [-0.25, -0.2) is 4.68 Å². The van der Waals surface area contributed by atoms with Crippen LogP contribution in [0.3, 0.4) is 0 Å². The first-order valence-corrected chi connectivity index (χ1v) is 8.56. The molecular formula is C17H24N4O2S. The number of aliphatic hydroxyl groups is 1. The molecule has 24 heavy (non-hydrogen) atoms. The van der Waals surface area contributed by atoms with Crippen molar-refractivity contribution >= 4 is 12.2 Å². The minimum Gasteiger partial charge on any atom is -0.497 e. The maximum Gasteiger partial charge on any atom is 0.198 e. The third kappa shape index (κ3) is 3.24. The average molecular weight is 348 g/mol. The van der Waals surface area contributed by atoms with Crippen molar-refractivity contribution in [3.05, 3.63) is 40.4 Å². The predicted octanol–water partition coefficient (Wildman–Crippen LogP) is 2.29. The van der Waals surface area contributed by atoms with E-state index in [4.69, 9.17) is 17.0 Å². The number of methoxy groups -OCH3 is 1. The summed E-state index contributed by atoms with van der Waals surface area (Å²) in [5, 5.41) is 13.7. The molecule has 1 aliphatic rings. The molecule has 1 aromatic heterocycles. The first kappa shape index (κ1) is 17.1. The van der Waals surface area contributed by atoms with E-state index >= 15 is 0 Å². The monoisotopic (exact) mass is 348 g/mol. The van der Waals surface area contributed by atoms with Crippen LogP contribution in [0.2, 0.25) is 0 Å². The Labute approximate surface area is 147 Å². The van der Waals surface area contributed by atoms with Crippen LogP contribution in [0.4, 0.5) is 0 Å². The topological polar surface area (TPSA) is 55.4 Å². The van der Waals surface area contributed by atoms with E-state index in [-0.39, 0.29) is 6.61 Å². The van der Waals surface area contributed by atoms with Crippen LogP contribution in [0.5, 0.6) is 5.75 Å². The maximum atomic E-state index is 9.34. The molecule has 2 aromatic rings. The average Bonchev–Trinajstić information content (AvgIpc) is 3.10. The number of ether oxygens (including phenoxy) is 1. The number of hydrogen-bond acceptors (Lipinski definition) is 5. The highest BCUT2D eigenvalue weighted by Gasteiger charge is 2.30. The molecule has 130 valence electrons. The summed E-state index contributed by atoms with van der Waals surface area (Å²) in [4.78, 5) is 2.39. The highest BCUT2D eigenvalue weighted by Crippen LogP contribution is 2.32. The quantitative estimate of drug-likeness (QED) is 0.840. The summed E-state index contributed by atoms with van der Waals surface area (Å²) in [5.74, 6) is 1.98. The molecule has 1 aromatic carbocycles. The van der Waals surface area contributed by atoms with Gasteiger partial charge in [-0.1, -0.05) is 12.1 Å². The molecule has 7 heteroatoms. The number of nitrogens with zero attached hydrogens (tertiary/aromatic N) is 4. The lowest BCUT2D eigenvalue weighted by Crippen LogP contribution is -2.30. The molecule has 2 unspecified atom stereocenters. The van der Waals surface area contributed by atoms with Gasteiger partial charge in [0.2, 0.25) is 0 Å². The number of aliphatic hydroxyl groups excluding tert-OH is 1. The van der Waals surface area contributed by atoms with Gasteiger partial charge in [0.1, 0.15) is 12.4 Å². The second kappa shape index (κ2) is 7.04. The van der Waals surface area contributed by atoms with Crippen LogP contribution in [-0.4, -0.2) is 44.1 Å². The summed E-state index contributed by atoms with van der Waals surface area (Å²) < 4.78 is 9.43. The fourth-order valence-electron chi connectivity index (χ4n) is 3.35. The summed E-state index contributed by atoms with van der Waals surface area (Å²) in [6, 6.07) is 8.79. The number of aromatic nitrogens is 3. The number of likely N-dealkylation sites (tertiary alicyclic amines) is 1. The Hall–Kier alpha value is -1.70. The van der Waals surface area contributed by atoms with Gasteiger partial charge >= 0.3 is 0 Å². The molecular weight excluding hydrogens is 324 g/mol. The van der Waals surface area contributed by atoms with Gasteiger partial charge in [0.15, 0.2) is 10.6 Å². The summed E-state index contributed by atoms with van der Waals surface area (Å²) in [7, 11) is 3.52. The smallest absolute Gasteiger partial charge is 0.198 e. The molecule has 1 fully saturated rings. The Balaban J connectivity index is 1.73. The standard InChI is InChI=1S/C17H24N4O2S/c1-12-8-14(13-4-6-15(23-3)7-5-13)9-20(12)11-21-17(24)19(2)16(10-22)18-21/h4-7,12,14,22H,8-11H2,1-3H3. The summed E-state index contributed by atoms with van der Waals surface area (Å²) in [5.41, 5.74) is 1.34. The van der Waals surface area contributed by atoms with Crippen molar-refractivity contribution in [3.63, 3.8) is 0 Å². The van der Waals surface area contributed by atoms with Gasteiger partial charge in [0.25, 0.3) is 0 Å². The normalized spacial score (nSPS) is 21.3. The minimum atomic E-state index is -0.100. The molecule has 2 heterocycles. The SMILES string of the molecule is COc1ccc(C2CC(C)N(Cn3nc(CO)n(C)c3=S)C2)cc1. The van der Waals surface area contributed by atoms with E-state index in [0.29, 0.717) is 29.2 Å². The lowest BCUT2D eigenvalue weighted by Gasteiger charge is -2.20. The lowest BCUT2D eigenvalue weighted by molar-refractivity contribution is 0.196. The Kier molecular flexibility index (Phi) is 5.03. The van der Waals surface area contributed by atoms with Crippen LogP contribution in [0.1, 0.15) is 30.7 Å². The van der Waals surface area contributed by atoms with Gasteiger partial charge in [-0.15, -0.1) is 0 Å². The van der Waals surface area contributed by atoms with Crippen LogP contribution >= 0.6 is 12.2 Å². The molecule has 0 radical (unpaired) electrons. The van der Waals surface area contributed by atoms with Crippen molar-refractivity contribution < 1.29 is 9.84 Å². The highest BCUT2D eigenvalue weighted by molar-refractivity contribution is 7.71. The molecule has 0 spiro atoms. The van der Waals surface area contributed by atoms with Gasteiger partial charge in [-0.3, -0.25) is 4.90 Å². The van der Waals surface area contributed by atoms with Crippen LogP contribution in [0, 0.1) is 4.77 Å². The van der Waals surface area contributed by atoms with Gasteiger partial charge in [-0.2, -0.15) is 5.10 Å². The highest BCUT2D eigenvalue weighted by atomic mass is 32.1. The van der Waals surface area contributed by atoms with E-state index in [1.54, 1.807) is 16.4 Å². The largest absolute Gasteiger partial charge is 0.497 e. The molecule has 1 aliphatic heterocycles. The van der Waals surface area contributed by atoms with Crippen LogP contribution in [0.25, 0.3) is 0 Å². The van der Waals surface area contributed by atoms with Crippen LogP contribution in [0.15, 0.2) is 24.3 Å². The van der Waals surface area contributed by atoms with Crippen molar-refractivity contribution in [1.29, 1.82) is 0 Å². The molecule has 0 saturated carbocycles. The van der Waals surface area contributed by atoms with E-state index in [1.807, 2.05) is 19.2 Å². The van der Waals surface area contributed by atoms with E-state index in [2.05, 4.69) is 29.1 Å². The molecule has 1 N–H and O–H groups in total. The number of hydrogen-bond donors (Lipinski definition) is 1. The van der Waals surface area contributed by atoms with E-state index in [1.165, 1.54) is 5.56 Å². The molecule has 0 bridgehead atoms. The molecule has 2 atom stereocenters. The fourth-order valence-corrected chi connectivity index (χ4v) is 3.55. The van der Waals surface area contributed by atoms with Gasteiger partial charge in [-0.05, 0) is 49.2 Å². The Bertz CT molecular complexity index is 753. The molecule has 3 rings (SSSR count). The van der Waals surface area contributed by atoms with Gasteiger partial charge in [0.05, 0.1) is 13.8 Å². The zero-order valence-corrected chi connectivity index (χ0v) is 15.2. The van der Waals surface area contributed by atoms with Crippen molar-refractivity contribution in [2.75, 3.05) is 13.7 Å². The summed E-state index contributed by atoms with van der Waals surface area (Å²) in [6.45, 7) is 3.76. The molecule has 6 nitrogen and oxygen atoms in total. The molecule has 1 saturated heterocycles. The van der Waals surface area contributed by atoms with Crippen LogP contribution in [-0.2, 0) is 20.3 Å². The Morgan fingerprint density at radius 2 is 2.04 bits per heavy atom. The van der Waals surface area contributed by atoms with Gasteiger partial charge < -0.3 is 14.4 Å². The zero-order chi connectivity index (χ0) is 17.3. The van der Waals surface area contributed by atoms with Crippen molar-refractivity contribution in [2.24, 2.45) is 7.05 Å². The third-order valence-electron chi connectivity index (χ3n) is 4.88. The molecule has 0 aliphatic carbocycles. The first-order chi connectivity index (χ1) is 11.5. The van der Waals surface area contributed by atoms with E-state index in [0.717, 1.165) is 18.7 Å². The fraction of sp³-hybridized carbons (Fsp3) is 0.529. The van der Waals surface area contributed by atoms with Crippen molar-refractivity contribution in [3.8, 4) is 5.75 Å². The Morgan fingerprint density at radius 1 is 1.33 bits per heavy atom. The second-order valence-electron chi connectivity index (χ2n) is 6.38. The lowest BCUT2D eigenvalue weighted by atomic mass is 9.97. The predicted molar refractivity (Wildman–Crippen MR) is 94.5 cm³/mol. The zero-order valence-electron chi connectivity index (χ0n) is 14.3. The third-order valence-corrected chi connectivity index (χ3v) is 5.36. The Morgan fingerprint density at radius 3 is 2.62 bits per heavy atom. The summed E-state index contributed by atoms with van der Waals surface area (Å²) >= 11 is 5.42. The minimum absolute atomic E-state index is 0.100. The van der Waals surface area contributed by atoms with E-state index in [9.17, 15) is 5.11 Å². The van der Waals surface area contributed by atoms with Crippen LogP contribution < -0.4 is 4.74 Å².